The van der Waals surface area contributed by atoms with Crippen LogP contribution in [0.3, 0.4) is 0 Å². The van der Waals surface area contributed by atoms with Gasteiger partial charge in [0.05, 0.1) is 6.61 Å². The molecule has 0 aromatic rings. The molecule has 6 fully saturated rings. The second-order valence-corrected chi connectivity index (χ2v) is 13.4. The normalized spacial score (nSPS) is 38.6. The fraction of sp³-hybridized carbons (Fsp3) is 0.875. The Bertz CT molecular complexity index is 1170. The Hall–Kier alpha value is -2.40. The molecule has 4 aliphatic heterocycles. The van der Waals surface area contributed by atoms with Gasteiger partial charge in [-0.05, 0) is 25.7 Å². The summed E-state index contributed by atoms with van der Waals surface area (Å²) < 4.78 is 61.8. The first kappa shape index (κ1) is 34.5. The third kappa shape index (κ3) is 7.61. The van der Waals surface area contributed by atoms with E-state index < -0.39 is 96.7 Å². The number of carbonyl (C=O) groups excluding carboxylic acids is 4. The topological polar surface area (TPSA) is 173 Å². The fourth-order valence-electron chi connectivity index (χ4n) is 7.80. The van der Waals surface area contributed by atoms with Crippen molar-refractivity contribution in [3.63, 3.8) is 0 Å². The van der Waals surface area contributed by atoms with E-state index >= 15 is 0 Å². The molecule has 2 aliphatic carbocycles. The van der Waals surface area contributed by atoms with Gasteiger partial charge in [-0.15, -0.1) is 0 Å². The summed E-state index contributed by atoms with van der Waals surface area (Å²) in [7, 11) is 0. The zero-order valence-corrected chi connectivity index (χ0v) is 27.5. The lowest BCUT2D eigenvalue weighted by Crippen LogP contribution is -2.67. The van der Waals surface area contributed by atoms with Crippen molar-refractivity contribution in [2.24, 2.45) is 0 Å². The molecule has 0 aromatic carbocycles. The van der Waals surface area contributed by atoms with Gasteiger partial charge in [0.25, 0.3) is 0 Å². The minimum atomic E-state index is -1.24. The quantitative estimate of drug-likeness (QED) is 0.293. The van der Waals surface area contributed by atoms with Gasteiger partial charge in [0.15, 0.2) is 36.4 Å². The lowest BCUT2D eigenvalue weighted by molar-refractivity contribution is -0.298. The van der Waals surface area contributed by atoms with E-state index in [0.717, 1.165) is 64.2 Å². The Morgan fingerprint density at radius 1 is 0.638 bits per heavy atom. The van der Waals surface area contributed by atoms with Gasteiger partial charge >= 0.3 is 17.9 Å². The minimum Gasteiger partial charge on any atom is -0.463 e. The molecule has 4 saturated heterocycles. The molecule has 47 heavy (non-hydrogen) atoms. The van der Waals surface area contributed by atoms with Gasteiger partial charge in [-0.1, -0.05) is 12.8 Å². The molecule has 0 radical (unpaired) electrons. The average molecular weight is 670 g/mol. The first-order valence-corrected chi connectivity index (χ1v) is 16.9. The number of ether oxygens (including phenoxy) is 10. The Morgan fingerprint density at radius 2 is 1.21 bits per heavy atom. The van der Waals surface area contributed by atoms with E-state index in [1.54, 1.807) is 0 Å². The fourth-order valence-corrected chi connectivity index (χ4v) is 7.80. The lowest BCUT2D eigenvalue weighted by Gasteiger charge is -2.45. The Morgan fingerprint density at radius 3 is 1.81 bits per heavy atom. The van der Waals surface area contributed by atoms with Crippen molar-refractivity contribution in [1.29, 1.82) is 0 Å². The molecule has 1 amide bonds. The summed E-state index contributed by atoms with van der Waals surface area (Å²) in [6.07, 6.45) is 1.57. The third-order valence-electron chi connectivity index (χ3n) is 9.70. The second kappa shape index (κ2) is 14.2. The van der Waals surface area contributed by atoms with Crippen LogP contribution in [0.4, 0.5) is 0 Å². The summed E-state index contributed by atoms with van der Waals surface area (Å²) in [6.45, 7) is 4.46. The summed E-state index contributed by atoms with van der Waals surface area (Å²) in [5.41, 5.74) is 0. The van der Waals surface area contributed by atoms with Crippen molar-refractivity contribution >= 4 is 23.8 Å². The summed E-state index contributed by atoms with van der Waals surface area (Å²) in [5.74, 6) is -3.92. The van der Waals surface area contributed by atoms with Gasteiger partial charge in [-0.3, -0.25) is 19.2 Å². The van der Waals surface area contributed by atoms with Crippen molar-refractivity contribution in [2.75, 3.05) is 13.2 Å². The van der Waals surface area contributed by atoms with Crippen LogP contribution >= 0.6 is 0 Å². The van der Waals surface area contributed by atoms with Crippen LogP contribution in [-0.2, 0) is 66.5 Å². The van der Waals surface area contributed by atoms with Crippen LogP contribution in [0, 0.1) is 0 Å². The van der Waals surface area contributed by atoms with Crippen molar-refractivity contribution in [2.45, 2.75) is 165 Å². The number of carbonyl (C=O) groups is 4. The van der Waals surface area contributed by atoms with Crippen LogP contribution in [-0.4, -0.2) is 110 Å². The first-order chi connectivity index (χ1) is 22.5. The molecule has 0 bridgehead atoms. The number of rotatable bonds is 8. The van der Waals surface area contributed by atoms with Gasteiger partial charge in [0.2, 0.25) is 5.91 Å². The molecule has 15 nitrogen and oxygen atoms in total. The van der Waals surface area contributed by atoms with Gasteiger partial charge in [0, 0.05) is 53.4 Å². The predicted molar refractivity (Wildman–Crippen MR) is 156 cm³/mol. The zero-order valence-electron chi connectivity index (χ0n) is 27.5. The van der Waals surface area contributed by atoms with Crippen molar-refractivity contribution in [3.8, 4) is 0 Å². The standard InChI is InChI=1S/C32H47NO14/c1-17(34)33-23-26(41-20(4)37)24(40-19(3)36)21(15-38-18(2)35)42-29(23)39-16-22-25-27(45-31(44-25)11-7-5-8-12-31)28-30(43-22)47-32(46-28)13-9-6-10-14-32/h21-30H,5-16H2,1-4H3,(H,33,34)/t21-,22-,23-,24-,25+,26-,27+,28-,29-,30-/m0/s1. The van der Waals surface area contributed by atoms with E-state index in [1.807, 2.05) is 0 Å². The van der Waals surface area contributed by atoms with Gasteiger partial charge in [-0.2, -0.15) is 0 Å². The third-order valence-corrected chi connectivity index (χ3v) is 9.70. The van der Waals surface area contributed by atoms with Gasteiger partial charge in [0.1, 0.15) is 43.2 Å². The molecule has 0 unspecified atom stereocenters. The smallest absolute Gasteiger partial charge is 0.303 e. The molecular formula is C32H47NO14. The maximum absolute atomic E-state index is 12.4. The molecule has 1 N–H and O–H groups in total. The van der Waals surface area contributed by atoms with E-state index in [-0.39, 0.29) is 13.2 Å². The highest BCUT2D eigenvalue weighted by Crippen LogP contribution is 2.51. The van der Waals surface area contributed by atoms with E-state index in [0.29, 0.717) is 0 Å². The molecule has 2 spiro atoms. The van der Waals surface area contributed by atoms with E-state index in [4.69, 9.17) is 47.4 Å². The number of fused-ring (bicyclic) bond motifs is 3. The second-order valence-electron chi connectivity index (χ2n) is 13.4. The summed E-state index contributed by atoms with van der Waals surface area (Å²) in [4.78, 5) is 48.4. The molecule has 264 valence electrons. The maximum Gasteiger partial charge on any atom is 0.303 e. The molecule has 15 heteroatoms. The summed E-state index contributed by atoms with van der Waals surface area (Å²) in [6, 6.07) is -1.11. The molecule has 2 saturated carbocycles. The van der Waals surface area contributed by atoms with Crippen molar-refractivity contribution in [1.82, 2.24) is 5.32 Å². The van der Waals surface area contributed by atoms with E-state index in [9.17, 15) is 19.2 Å². The van der Waals surface area contributed by atoms with Crippen molar-refractivity contribution in [3.05, 3.63) is 0 Å². The highest BCUT2D eigenvalue weighted by atomic mass is 16.9. The first-order valence-electron chi connectivity index (χ1n) is 16.9. The summed E-state index contributed by atoms with van der Waals surface area (Å²) in [5, 5.41) is 2.73. The summed E-state index contributed by atoms with van der Waals surface area (Å²) >= 11 is 0. The largest absolute Gasteiger partial charge is 0.463 e. The van der Waals surface area contributed by atoms with Crippen LogP contribution in [0.1, 0.15) is 91.9 Å². The number of hydrogen-bond acceptors (Lipinski definition) is 14. The number of esters is 3. The Balaban J connectivity index is 1.25. The molecule has 10 atom stereocenters. The van der Waals surface area contributed by atoms with Crippen LogP contribution in [0.2, 0.25) is 0 Å². The van der Waals surface area contributed by atoms with Crippen LogP contribution < -0.4 is 5.32 Å². The van der Waals surface area contributed by atoms with Crippen molar-refractivity contribution < 1.29 is 66.5 Å². The molecule has 0 aromatic heterocycles. The van der Waals surface area contributed by atoms with E-state index in [2.05, 4.69) is 5.32 Å². The zero-order chi connectivity index (χ0) is 33.3. The average Bonchev–Trinajstić information content (AvgIpc) is 3.55. The van der Waals surface area contributed by atoms with Crippen LogP contribution in [0.15, 0.2) is 0 Å². The lowest BCUT2D eigenvalue weighted by atomic mass is 9.94. The number of nitrogens with one attached hydrogen (secondary N) is 1. The molecule has 6 aliphatic rings. The van der Waals surface area contributed by atoms with Gasteiger partial charge < -0.3 is 52.7 Å². The molecule has 4 heterocycles. The van der Waals surface area contributed by atoms with Gasteiger partial charge in [-0.25, -0.2) is 0 Å². The molecule has 6 rings (SSSR count). The predicted octanol–water partition coefficient (Wildman–Crippen LogP) is 1.90. The van der Waals surface area contributed by atoms with Crippen LogP contribution in [0.5, 0.6) is 0 Å². The Kier molecular flexibility index (Phi) is 10.4. The number of hydrogen-bond donors (Lipinski definition) is 1. The molecular weight excluding hydrogens is 622 g/mol. The minimum absolute atomic E-state index is 0.0910. The monoisotopic (exact) mass is 669 g/mol. The van der Waals surface area contributed by atoms with E-state index in [1.165, 1.54) is 27.7 Å². The highest BCUT2D eigenvalue weighted by Gasteiger charge is 2.64. The SMILES string of the molecule is CC(=O)N[C@@H]1[C@@H](OC[C@@H]2O[C@H]3OC4(CCCCC4)O[C@H]3[C@@H]3OC4(CCCCC4)O[C@@H]32)O[C@@H](COC(C)=O)[C@H](OC(C)=O)[C@H]1OC(C)=O. The maximum atomic E-state index is 12.4. The number of amides is 1. The van der Waals surface area contributed by atoms with Crippen LogP contribution in [0.25, 0.3) is 0 Å². The Labute approximate surface area is 273 Å². The highest BCUT2D eigenvalue weighted by molar-refractivity contribution is 5.73.